The lowest BCUT2D eigenvalue weighted by atomic mass is 10.1. The second kappa shape index (κ2) is 8.09. The number of carbonyl (C=O) groups excluding carboxylic acids is 2. The maximum atomic E-state index is 13.2. The van der Waals surface area contributed by atoms with Crippen molar-refractivity contribution in [1.29, 1.82) is 0 Å². The summed E-state index contributed by atoms with van der Waals surface area (Å²) in [7, 11) is 0. The highest BCUT2D eigenvalue weighted by Gasteiger charge is 2.38. The molecule has 1 atom stereocenters. The molecule has 4 heteroatoms. The first-order chi connectivity index (χ1) is 13.7. The molecule has 1 N–H and O–H groups in total. The number of hydrogen-bond donors (Lipinski definition) is 1. The van der Waals surface area contributed by atoms with Crippen LogP contribution >= 0.6 is 0 Å². The van der Waals surface area contributed by atoms with Gasteiger partial charge in [0, 0.05) is 24.2 Å². The Hall–Kier alpha value is -3.40. The van der Waals surface area contributed by atoms with Crippen molar-refractivity contribution >= 4 is 17.5 Å². The summed E-state index contributed by atoms with van der Waals surface area (Å²) in [5.74, 6) is -0.259. The Morgan fingerprint density at radius 1 is 0.857 bits per heavy atom. The van der Waals surface area contributed by atoms with Gasteiger partial charge in [-0.2, -0.15) is 0 Å². The molecule has 140 valence electrons. The van der Waals surface area contributed by atoms with E-state index in [4.69, 9.17) is 0 Å². The van der Waals surface area contributed by atoms with Gasteiger partial charge in [0.25, 0.3) is 5.91 Å². The number of fused-ring (bicyclic) bond motifs is 1. The number of nitrogens with zero attached hydrogens (tertiary/aromatic N) is 1. The standard InChI is InChI=1S/C24H22N2O2/c27-23(25-16-15-18-9-3-1-4-10-18)22-17-20-13-7-8-14-21(20)26(22)24(28)19-11-5-2-6-12-19/h1-14,22H,15-17H2,(H,25,27)/t22-/m1/s1. The summed E-state index contributed by atoms with van der Waals surface area (Å²) in [5, 5.41) is 3.01. The number of anilines is 1. The van der Waals surface area contributed by atoms with Crippen molar-refractivity contribution in [3.05, 3.63) is 102 Å². The molecular weight excluding hydrogens is 348 g/mol. The zero-order chi connectivity index (χ0) is 19.3. The average molecular weight is 370 g/mol. The molecule has 0 saturated heterocycles. The molecule has 28 heavy (non-hydrogen) atoms. The van der Waals surface area contributed by atoms with Gasteiger partial charge in [0.15, 0.2) is 0 Å². The fraction of sp³-hybridized carbons (Fsp3) is 0.167. The van der Waals surface area contributed by atoms with Crippen LogP contribution in [-0.2, 0) is 17.6 Å². The molecule has 1 aliphatic heterocycles. The first kappa shape index (κ1) is 18.0. The van der Waals surface area contributed by atoms with Gasteiger partial charge in [-0.15, -0.1) is 0 Å². The molecule has 1 heterocycles. The minimum atomic E-state index is -0.527. The molecule has 0 bridgehead atoms. The largest absolute Gasteiger partial charge is 0.354 e. The molecule has 0 saturated carbocycles. The lowest BCUT2D eigenvalue weighted by Crippen LogP contribution is -2.48. The van der Waals surface area contributed by atoms with Crippen LogP contribution in [0.5, 0.6) is 0 Å². The van der Waals surface area contributed by atoms with Gasteiger partial charge >= 0.3 is 0 Å². The normalized spacial score (nSPS) is 15.1. The average Bonchev–Trinajstić information content (AvgIpc) is 3.14. The third-order valence-electron chi connectivity index (χ3n) is 5.07. The van der Waals surface area contributed by atoms with E-state index in [2.05, 4.69) is 5.32 Å². The van der Waals surface area contributed by atoms with Crippen LogP contribution in [-0.4, -0.2) is 24.4 Å². The molecule has 0 fully saturated rings. The predicted octanol–water partition coefficient (Wildman–Crippen LogP) is 3.62. The Bertz CT molecular complexity index is 970. The minimum Gasteiger partial charge on any atom is -0.354 e. The van der Waals surface area contributed by atoms with Crippen molar-refractivity contribution in [2.24, 2.45) is 0 Å². The summed E-state index contributed by atoms with van der Waals surface area (Å²) in [4.78, 5) is 27.8. The van der Waals surface area contributed by atoms with E-state index in [0.717, 1.165) is 17.7 Å². The number of rotatable bonds is 5. The van der Waals surface area contributed by atoms with Gasteiger partial charge in [-0.25, -0.2) is 0 Å². The number of amides is 2. The maximum absolute atomic E-state index is 13.2. The molecule has 4 nitrogen and oxygen atoms in total. The molecular formula is C24H22N2O2. The summed E-state index contributed by atoms with van der Waals surface area (Å²) >= 11 is 0. The van der Waals surface area contributed by atoms with Gasteiger partial charge in [-0.3, -0.25) is 14.5 Å². The van der Waals surface area contributed by atoms with E-state index in [-0.39, 0.29) is 11.8 Å². The molecule has 3 aromatic carbocycles. The fourth-order valence-corrected chi connectivity index (χ4v) is 3.66. The lowest BCUT2D eigenvalue weighted by molar-refractivity contribution is -0.122. The number of hydrogen-bond acceptors (Lipinski definition) is 2. The Labute approximate surface area is 164 Å². The van der Waals surface area contributed by atoms with Gasteiger partial charge < -0.3 is 5.32 Å². The first-order valence-corrected chi connectivity index (χ1v) is 9.52. The molecule has 0 spiro atoms. The molecule has 4 rings (SSSR count). The number of carbonyl (C=O) groups is 2. The van der Waals surface area contributed by atoms with Gasteiger partial charge in [0.2, 0.25) is 5.91 Å². The molecule has 3 aromatic rings. The smallest absolute Gasteiger partial charge is 0.259 e. The highest BCUT2D eigenvalue weighted by molar-refractivity contribution is 6.11. The second-order valence-electron chi connectivity index (χ2n) is 6.92. The predicted molar refractivity (Wildman–Crippen MR) is 110 cm³/mol. The highest BCUT2D eigenvalue weighted by atomic mass is 16.2. The van der Waals surface area contributed by atoms with E-state index in [1.165, 1.54) is 5.56 Å². The van der Waals surface area contributed by atoms with E-state index in [9.17, 15) is 9.59 Å². The molecule has 0 aromatic heterocycles. The molecule has 0 radical (unpaired) electrons. The van der Waals surface area contributed by atoms with Crippen molar-refractivity contribution in [2.45, 2.75) is 18.9 Å². The molecule has 0 unspecified atom stereocenters. The number of benzene rings is 3. The Morgan fingerprint density at radius 3 is 2.25 bits per heavy atom. The molecule has 0 aliphatic carbocycles. The third-order valence-corrected chi connectivity index (χ3v) is 5.07. The van der Waals surface area contributed by atoms with Crippen LogP contribution in [0.1, 0.15) is 21.5 Å². The van der Waals surface area contributed by atoms with E-state index in [1.54, 1.807) is 17.0 Å². The van der Waals surface area contributed by atoms with E-state index in [0.29, 0.717) is 18.5 Å². The maximum Gasteiger partial charge on any atom is 0.259 e. The topological polar surface area (TPSA) is 49.4 Å². The number of nitrogens with one attached hydrogen (secondary N) is 1. The van der Waals surface area contributed by atoms with Crippen LogP contribution in [0.3, 0.4) is 0 Å². The fourth-order valence-electron chi connectivity index (χ4n) is 3.66. The monoisotopic (exact) mass is 370 g/mol. The zero-order valence-electron chi connectivity index (χ0n) is 15.5. The summed E-state index contributed by atoms with van der Waals surface area (Å²) < 4.78 is 0. The Balaban J connectivity index is 1.51. The molecule has 2 amide bonds. The van der Waals surface area contributed by atoms with Crippen LogP contribution < -0.4 is 10.2 Å². The highest BCUT2D eigenvalue weighted by Crippen LogP contribution is 2.33. The second-order valence-corrected chi connectivity index (χ2v) is 6.92. The SMILES string of the molecule is O=C(NCCc1ccccc1)[C@H]1Cc2ccccc2N1C(=O)c1ccccc1. The van der Waals surface area contributed by atoms with E-state index >= 15 is 0 Å². The lowest BCUT2D eigenvalue weighted by Gasteiger charge is -2.25. The van der Waals surface area contributed by atoms with Gasteiger partial charge in [-0.1, -0.05) is 66.7 Å². The summed E-state index contributed by atoms with van der Waals surface area (Å²) in [5.41, 5.74) is 3.60. The van der Waals surface area contributed by atoms with Gasteiger partial charge in [-0.05, 0) is 35.7 Å². The van der Waals surface area contributed by atoms with Crippen LogP contribution in [0.2, 0.25) is 0 Å². The van der Waals surface area contributed by atoms with E-state index < -0.39 is 6.04 Å². The van der Waals surface area contributed by atoms with Gasteiger partial charge in [0.1, 0.15) is 6.04 Å². The van der Waals surface area contributed by atoms with E-state index in [1.807, 2.05) is 72.8 Å². The van der Waals surface area contributed by atoms with Crippen LogP contribution in [0, 0.1) is 0 Å². The third kappa shape index (κ3) is 3.67. The van der Waals surface area contributed by atoms with Crippen molar-refractivity contribution in [1.82, 2.24) is 5.32 Å². The molecule has 1 aliphatic rings. The Morgan fingerprint density at radius 2 is 1.50 bits per heavy atom. The minimum absolute atomic E-state index is 0.114. The quantitative estimate of drug-likeness (QED) is 0.746. The van der Waals surface area contributed by atoms with Crippen molar-refractivity contribution in [3.8, 4) is 0 Å². The van der Waals surface area contributed by atoms with Crippen LogP contribution in [0.25, 0.3) is 0 Å². The van der Waals surface area contributed by atoms with Crippen LogP contribution in [0.4, 0.5) is 5.69 Å². The summed E-state index contributed by atoms with van der Waals surface area (Å²) in [6.45, 7) is 0.545. The first-order valence-electron chi connectivity index (χ1n) is 9.52. The van der Waals surface area contributed by atoms with Crippen molar-refractivity contribution < 1.29 is 9.59 Å². The van der Waals surface area contributed by atoms with Gasteiger partial charge in [0.05, 0.1) is 0 Å². The summed E-state index contributed by atoms with van der Waals surface area (Å²) in [6.07, 6.45) is 1.30. The number of para-hydroxylation sites is 1. The summed E-state index contributed by atoms with van der Waals surface area (Å²) in [6, 6.07) is 26.4. The van der Waals surface area contributed by atoms with Crippen molar-refractivity contribution in [3.63, 3.8) is 0 Å². The van der Waals surface area contributed by atoms with Crippen molar-refractivity contribution in [2.75, 3.05) is 11.4 Å². The zero-order valence-corrected chi connectivity index (χ0v) is 15.5. The Kier molecular flexibility index (Phi) is 5.20. The van der Waals surface area contributed by atoms with Crippen LogP contribution in [0.15, 0.2) is 84.9 Å².